The van der Waals surface area contributed by atoms with Crippen molar-refractivity contribution < 1.29 is 14.6 Å². The van der Waals surface area contributed by atoms with E-state index in [1.54, 1.807) is 0 Å². The van der Waals surface area contributed by atoms with Crippen LogP contribution in [0.2, 0.25) is 0 Å². The van der Waals surface area contributed by atoms with Gasteiger partial charge in [0.25, 0.3) is 0 Å². The molecule has 1 aromatic carbocycles. The molecule has 0 saturated heterocycles. The van der Waals surface area contributed by atoms with Gasteiger partial charge in [-0.3, -0.25) is 4.79 Å². The first-order chi connectivity index (χ1) is 10.0. The van der Waals surface area contributed by atoms with Gasteiger partial charge in [-0.1, -0.05) is 39.0 Å². The monoisotopic (exact) mass is 294 g/mol. The topological polar surface area (TPSA) is 70.6 Å². The number of aliphatic hydroxyl groups is 1. The minimum atomic E-state index is -0.564. The van der Waals surface area contributed by atoms with Gasteiger partial charge in [-0.2, -0.15) is 0 Å². The van der Waals surface area contributed by atoms with Crippen molar-refractivity contribution in [3.05, 3.63) is 29.8 Å². The van der Waals surface area contributed by atoms with Crippen LogP contribution in [0.4, 0.5) is 0 Å². The largest absolute Gasteiger partial charge is 0.490 e. The predicted molar refractivity (Wildman–Crippen MR) is 83.2 cm³/mol. The molecule has 0 unspecified atom stereocenters. The average Bonchev–Trinajstić information content (AvgIpc) is 2.49. The fourth-order valence-corrected chi connectivity index (χ4v) is 1.73. The number of benzene rings is 1. The number of ether oxygens (including phenoxy) is 1. The van der Waals surface area contributed by atoms with E-state index < -0.39 is 6.10 Å². The van der Waals surface area contributed by atoms with Crippen LogP contribution in [-0.4, -0.2) is 36.3 Å². The van der Waals surface area contributed by atoms with Gasteiger partial charge in [0.05, 0.1) is 0 Å². The van der Waals surface area contributed by atoms with E-state index in [0.29, 0.717) is 31.3 Å². The molecule has 3 N–H and O–H groups in total. The Morgan fingerprint density at radius 1 is 1.33 bits per heavy atom. The second-order valence-corrected chi connectivity index (χ2v) is 5.27. The zero-order valence-electron chi connectivity index (χ0n) is 13.1. The number of aliphatic hydroxyl groups excluding tert-OH is 1. The van der Waals surface area contributed by atoms with Crippen molar-refractivity contribution in [2.24, 2.45) is 0 Å². The minimum absolute atomic E-state index is 0.00553. The van der Waals surface area contributed by atoms with Crippen LogP contribution in [0, 0.1) is 0 Å². The van der Waals surface area contributed by atoms with Crippen molar-refractivity contribution in [1.82, 2.24) is 10.6 Å². The highest BCUT2D eigenvalue weighted by atomic mass is 16.5. The van der Waals surface area contributed by atoms with Gasteiger partial charge < -0.3 is 20.5 Å². The molecule has 0 saturated carbocycles. The zero-order chi connectivity index (χ0) is 15.7. The lowest BCUT2D eigenvalue weighted by Crippen LogP contribution is -2.35. The molecule has 0 fully saturated rings. The van der Waals surface area contributed by atoms with Crippen LogP contribution in [0.1, 0.15) is 32.8 Å². The Morgan fingerprint density at radius 3 is 2.71 bits per heavy atom. The van der Waals surface area contributed by atoms with Crippen LogP contribution in [0.15, 0.2) is 24.3 Å². The fraction of sp³-hybridized carbons (Fsp3) is 0.562. The predicted octanol–water partition coefficient (Wildman–Crippen LogP) is 1.45. The molecule has 0 bridgehead atoms. The Bertz CT molecular complexity index is 435. The maximum absolute atomic E-state index is 11.3. The smallest absolute Gasteiger partial charge is 0.219 e. The number of rotatable bonds is 9. The van der Waals surface area contributed by atoms with Crippen LogP contribution >= 0.6 is 0 Å². The summed E-state index contributed by atoms with van der Waals surface area (Å²) in [5.41, 5.74) is 0.906. The van der Waals surface area contributed by atoms with E-state index in [4.69, 9.17) is 4.74 Å². The minimum Gasteiger partial charge on any atom is -0.490 e. The second kappa shape index (κ2) is 9.37. The van der Waals surface area contributed by atoms with Gasteiger partial charge in [0, 0.05) is 31.1 Å². The molecule has 0 aliphatic carbocycles. The average molecular weight is 294 g/mol. The SMILES string of the molecule is CCC(=O)NCc1ccccc1OC[C@@H](O)CNC(C)C. The van der Waals surface area contributed by atoms with Crippen LogP contribution in [0.3, 0.4) is 0 Å². The summed E-state index contributed by atoms with van der Waals surface area (Å²) in [5, 5.41) is 15.8. The molecular formula is C16H26N2O3. The number of hydrogen-bond acceptors (Lipinski definition) is 4. The summed E-state index contributed by atoms with van der Waals surface area (Å²) >= 11 is 0. The van der Waals surface area contributed by atoms with Gasteiger partial charge in [-0.15, -0.1) is 0 Å². The highest BCUT2D eigenvalue weighted by Crippen LogP contribution is 2.17. The highest BCUT2D eigenvalue weighted by molar-refractivity contribution is 5.75. The summed E-state index contributed by atoms with van der Waals surface area (Å²) in [6.45, 7) is 7.02. The van der Waals surface area contributed by atoms with Crippen molar-refractivity contribution >= 4 is 5.91 Å². The van der Waals surface area contributed by atoms with E-state index in [-0.39, 0.29) is 12.5 Å². The van der Waals surface area contributed by atoms with Crippen molar-refractivity contribution in [2.75, 3.05) is 13.2 Å². The van der Waals surface area contributed by atoms with Crippen LogP contribution in [0.25, 0.3) is 0 Å². The summed E-state index contributed by atoms with van der Waals surface area (Å²) in [4.78, 5) is 11.3. The number of hydrogen-bond donors (Lipinski definition) is 3. The lowest BCUT2D eigenvalue weighted by molar-refractivity contribution is -0.120. The van der Waals surface area contributed by atoms with Crippen LogP contribution in [0.5, 0.6) is 5.75 Å². The normalized spacial score (nSPS) is 12.2. The van der Waals surface area contributed by atoms with Gasteiger partial charge in [-0.05, 0) is 6.07 Å². The first kappa shape index (κ1) is 17.5. The number of carbonyl (C=O) groups is 1. The van der Waals surface area contributed by atoms with Crippen molar-refractivity contribution in [1.29, 1.82) is 0 Å². The second-order valence-electron chi connectivity index (χ2n) is 5.27. The van der Waals surface area contributed by atoms with Crippen molar-refractivity contribution in [3.63, 3.8) is 0 Å². The number of amides is 1. The quantitative estimate of drug-likeness (QED) is 0.645. The summed E-state index contributed by atoms with van der Waals surface area (Å²) < 4.78 is 5.66. The maximum Gasteiger partial charge on any atom is 0.219 e. The van der Waals surface area contributed by atoms with E-state index >= 15 is 0 Å². The van der Waals surface area contributed by atoms with Gasteiger partial charge in [0.15, 0.2) is 0 Å². The van der Waals surface area contributed by atoms with Crippen molar-refractivity contribution in [2.45, 2.75) is 45.9 Å². The molecule has 1 aromatic rings. The van der Waals surface area contributed by atoms with Crippen LogP contribution < -0.4 is 15.4 Å². The third-order valence-corrected chi connectivity index (χ3v) is 2.96. The van der Waals surface area contributed by atoms with Crippen LogP contribution in [-0.2, 0) is 11.3 Å². The summed E-state index contributed by atoms with van der Waals surface area (Å²) in [6, 6.07) is 7.85. The fourth-order valence-electron chi connectivity index (χ4n) is 1.73. The summed E-state index contributed by atoms with van der Waals surface area (Å²) in [6.07, 6.45) is -0.103. The molecule has 1 atom stereocenters. The molecule has 5 nitrogen and oxygen atoms in total. The van der Waals surface area contributed by atoms with Gasteiger partial charge in [0.2, 0.25) is 5.91 Å². The Kier molecular flexibility index (Phi) is 7.79. The molecule has 118 valence electrons. The van der Waals surface area contributed by atoms with E-state index in [0.717, 1.165) is 5.56 Å². The zero-order valence-corrected chi connectivity index (χ0v) is 13.1. The van der Waals surface area contributed by atoms with Crippen molar-refractivity contribution in [3.8, 4) is 5.75 Å². The number of carbonyl (C=O) groups excluding carboxylic acids is 1. The van der Waals surface area contributed by atoms with Gasteiger partial charge in [0.1, 0.15) is 18.5 Å². The molecule has 0 heterocycles. The Morgan fingerprint density at radius 2 is 2.05 bits per heavy atom. The lowest BCUT2D eigenvalue weighted by atomic mass is 10.2. The summed E-state index contributed by atoms with van der Waals surface area (Å²) in [5.74, 6) is 0.698. The lowest BCUT2D eigenvalue weighted by Gasteiger charge is -2.17. The molecular weight excluding hydrogens is 268 g/mol. The molecule has 0 aliphatic rings. The Balaban J connectivity index is 2.48. The highest BCUT2D eigenvalue weighted by Gasteiger charge is 2.09. The first-order valence-electron chi connectivity index (χ1n) is 7.41. The molecule has 0 aliphatic heterocycles. The first-order valence-corrected chi connectivity index (χ1v) is 7.41. The molecule has 1 rings (SSSR count). The molecule has 1 amide bonds. The van der Waals surface area contributed by atoms with E-state index in [1.807, 2.05) is 45.0 Å². The number of nitrogens with one attached hydrogen (secondary N) is 2. The van der Waals surface area contributed by atoms with Gasteiger partial charge >= 0.3 is 0 Å². The third-order valence-electron chi connectivity index (χ3n) is 2.96. The molecule has 0 radical (unpaired) electrons. The standard InChI is InChI=1S/C16H26N2O3/c1-4-16(20)18-9-13-7-5-6-8-15(13)21-11-14(19)10-17-12(2)3/h5-8,12,14,17,19H,4,9-11H2,1-3H3,(H,18,20)/t14-/m0/s1. The number of para-hydroxylation sites is 1. The molecule has 0 spiro atoms. The molecule has 0 aromatic heterocycles. The Hall–Kier alpha value is -1.59. The Labute approximate surface area is 126 Å². The van der Waals surface area contributed by atoms with E-state index in [1.165, 1.54) is 0 Å². The van der Waals surface area contributed by atoms with E-state index in [9.17, 15) is 9.90 Å². The van der Waals surface area contributed by atoms with Gasteiger partial charge in [-0.25, -0.2) is 0 Å². The van der Waals surface area contributed by atoms with E-state index in [2.05, 4.69) is 10.6 Å². The molecule has 5 heteroatoms. The summed E-state index contributed by atoms with van der Waals surface area (Å²) in [7, 11) is 0. The maximum atomic E-state index is 11.3. The molecule has 21 heavy (non-hydrogen) atoms. The third kappa shape index (κ3) is 7.11.